The Kier molecular flexibility index (Phi) is 9.23. The normalized spacial score (nSPS) is 11.8. The molecular formula is C65H44N6. The summed E-state index contributed by atoms with van der Waals surface area (Å²) in [6, 6.07) is 82.8. The van der Waals surface area contributed by atoms with Crippen molar-refractivity contribution in [3.63, 3.8) is 0 Å². The molecule has 0 saturated heterocycles. The summed E-state index contributed by atoms with van der Waals surface area (Å²) >= 11 is 0. The zero-order chi connectivity index (χ0) is 47.2. The zero-order valence-corrected chi connectivity index (χ0v) is 39.1. The van der Waals surface area contributed by atoms with Crippen molar-refractivity contribution >= 4 is 65.4 Å². The van der Waals surface area contributed by atoms with Crippen molar-refractivity contribution in [2.75, 3.05) is 0 Å². The molecule has 14 aromatic rings. The second-order valence-electron chi connectivity index (χ2n) is 18.7. The van der Waals surface area contributed by atoms with Gasteiger partial charge in [0.05, 0.1) is 33.1 Å². The molecule has 0 unspecified atom stereocenters. The summed E-state index contributed by atoms with van der Waals surface area (Å²) in [5.74, 6) is 1.93. The Balaban J connectivity index is 0.887. The molecule has 0 N–H and O–H groups in total. The third-order valence-electron chi connectivity index (χ3n) is 14.1. The molecule has 4 aromatic heterocycles. The molecule has 0 fully saturated rings. The molecule has 0 aliphatic rings. The van der Waals surface area contributed by atoms with Gasteiger partial charge >= 0.3 is 0 Å². The largest absolute Gasteiger partial charge is 0.309 e. The lowest BCUT2D eigenvalue weighted by Crippen LogP contribution is -2.00. The summed E-state index contributed by atoms with van der Waals surface area (Å²) in [5.41, 5.74) is 17.9. The smallest absolute Gasteiger partial charge is 0.164 e. The van der Waals surface area contributed by atoms with E-state index in [1.807, 2.05) is 60.7 Å². The molecule has 0 radical (unpaired) electrons. The van der Waals surface area contributed by atoms with Crippen molar-refractivity contribution in [1.82, 2.24) is 28.7 Å². The first kappa shape index (κ1) is 40.7. The van der Waals surface area contributed by atoms with Gasteiger partial charge in [-0.25, -0.2) is 15.0 Å². The number of aromatic nitrogens is 6. The van der Waals surface area contributed by atoms with Gasteiger partial charge in [-0.05, 0) is 122 Å². The molecule has 6 heteroatoms. The van der Waals surface area contributed by atoms with Crippen molar-refractivity contribution < 1.29 is 0 Å². The summed E-state index contributed by atoms with van der Waals surface area (Å²) in [5, 5.41) is 7.27. The highest BCUT2D eigenvalue weighted by Crippen LogP contribution is 2.40. The molecule has 6 nitrogen and oxygen atoms in total. The maximum atomic E-state index is 5.08. The van der Waals surface area contributed by atoms with Crippen molar-refractivity contribution in [3.05, 3.63) is 242 Å². The molecule has 71 heavy (non-hydrogen) atoms. The van der Waals surface area contributed by atoms with Gasteiger partial charge in [-0.3, -0.25) is 0 Å². The van der Waals surface area contributed by atoms with E-state index in [9.17, 15) is 0 Å². The van der Waals surface area contributed by atoms with Gasteiger partial charge in [0.15, 0.2) is 17.5 Å². The lowest BCUT2D eigenvalue weighted by Gasteiger charge is -2.14. The molecule has 0 aliphatic carbocycles. The lowest BCUT2D eigenvalue weighted by atomic mass is 10.0. The van der Waals surface area contributed by atoms with Gasteiger partial charge in [-0.1, -0.05) is 145 Å². The molecule has 0 saturated carbocycles. The van der Waals surface area contributed by atoms with Gasteiger partial charge in [0.2, 0.25) is 0 Å². The average molecular weight is 909 g/mol. The Hall–Kier alpha value is -9.39. The second kappa shape index (κ2) is 16.1. The molecule has 0 bridgehead atoms. The minimum Gasteiger partial charge on any atom is -0.309 e. The molecule has 334 valence electrons. The third kappa shape index (κ3) is 6.68. The van der Waals surface area contributed by atoms with Gasteiger partial charge in [0.25, 0.3) is 0 Å². The zero-order valence-electron chi connectivity index (χ0n) is 39.1. The molecule has 0 spiro atoms. The van der Waals surface area contributed by atoms with Gasteiger partial charge in [0, 0.05) is 66.1 Å². The monoisotopic (exact) mass is 908 g/mol. The maximum absolute atomic E-state index is 5.08. The van der Waals surface area contributed by atoms with Crippen LogP contribution < -0.4 is 0 Å². The van der Waals surface area contributed by atoms with Gasteiger partial charge < -0.3 is 13.7 Å². The standard InChI is InChI=1S/C65H44N6/c1-41-28-31-60-54(36-41)56-39-47(65-67-63(43-16-5-3-6-17-43)66-64(68-65)44-18-7-4-8-19-44)30-33-62(56)69(60)48-21-15-20-45(37-48)46-29-32-61-55(38-46)53-24-11-14-27-59(53)71(61)50-35-42(2)34-49(40-50)70-57-25-12-9-22-51(57)52-23-10-13-26-58(52)70/h3-40H,1-2H3. The van der Waals surface area contributed by atoms with E-state index in [0.29, 0.717) is 17.5 Å². The molecule has 0 amide bonds. The number of fused-ring (bicyclic) bond motifs is 9. The van der Waals surface area contributed by atoms with Crippen LogP contribution in [0.5, 0.6) is 0 Å². The van der Waals surface area contributed by atoms with Crippen molar-refractivity contribution in [2.24, 2.45) is 0 Å². The Morgan fingerprint density at radius 3 is 1.21 bits per heavy atom. The number of nitrogens with zero attached hydrogens (tertiary/aromatic N) is 6. The van der Waals surface area contributed by atoms with Crippen LogP contribution in [0.3, 0.4) is 0 Å². The predicted octanol–water partition coefficient (Wildman–Crippen LogP) is 16.4. The molecule has 10 aromatic carbocycles. The van der Waals surface area contributed by atoms with Crippen molar-refractivity contribution in [1.29, 1.82) is 0 Å². The van der Waals surface area contributed by atoms with Gasteiger partial charge in [-0.2, -0.15) is 0 Å². The predicted molar refractivity (Wildman–Crippen MR) is 294 cm³/mol. The van der Waals surface area contributed by atoms with E-state index in [4.69, 9.17) is 15.0 Å². The van der Waals surface area contributed by atoms with E-state index in [1.165, 1.54) is 60.1 Å². The molecule has 0 atom stereocenters. The van der Waals surface area contributed by atoms with Crippen LogP contribution in [-0.2, 0) is 0 Å². The Labute approximate surface area is 410 Å². The number of benzene rings is 10. The van der Waals surface area contributed by atoms with Crippen LogP contribution in [0.15, 0.2) is 231 Å². The van der Waals surface area contributed by atoms with E-state index in [-0.39, 0.29) is 0 Å². The van der Waals surface area contributed by atoms with Gasteiger partial charge in [0.1, 0.15) is 0 Å². The third-order valence-corrected chi connectivity index (χ3v) is 14.1. The van der Waals surface area contributed by atoms with E-state index < -0.39 is 0 Å². The minimum absolute atomic E-state index is 0.637. The SMILES string of the molecule is Cc1cc(-n2c3ccccc3c3ccccc32)cc(-n2c3ccccc3c3cc(-c4cccc(-n5c6ccc(C)cc6c6cc(-c7nc(-c8ccccc8)nc(-c8ccccc8)n7)ccc65)c4)ccc32)c1. The number of rotatable bonds is 7. The number of hydrogen-bond donors (Lipinski definition) is 0. The van der Waals surface area contributed by atoms with E-state index in [0.717, 1.165) is 61.3 Å². The number of para-hydroxylation sites is 3. The summed E-state index contributed by atoms with van der Waals surface area (Å²) in [7, 11) is 0. The first-order valence-corrected chi connectivity index (χ1v) is 24.2. The summed E-state index contributed by atoms with van der Waals surface area (Å²) in [6.07, 6.45) is 0. The highest BCUT2D eigenvalue weighted by Gasteiger charge is 2.20. The Morgan fingerprint density at radius 2 is 0.634 bits per heavy atom. The average Bonchev–Trinajstić information content (AvgIpc) is 4.06. The fourth-order valence-electron chi connectivity index (χ4n) is 10.9. The van der Waals surface area contributed by atoms with Crippen molar-refractivity contribution in [2.45, 2.75) is 13.8 Å². The highest BCUT2D eigenvalue weighted by molar-refractivity contribution is 6.13. The quantitative estimate of drug-likeness (QED) is 0.160. The summed E-state index contributed by atoms with van der Waals surface area (Å²) < 4.78 is 7.24. The number of hydrogen-bond acceptors (Lipinski definition) is 3. The summed E-state index contributed by atoms with van der Waals surface area (Å²) in [6.45, 7) is 4.36. The van der Waals surface area contributed by atoms with Crippen LogP contribution in [0.25, 0.3) is 128 Å². The Bertz CT molecular complexity index is 4310. The molecule has 0 aliphatic heterocycles. The fourth-order valence-corrected chi connectivity index (χ4v) is 10.9. The highest BCUT2D eigenvalue weighted by atomic mass is 15.0. The first-order valence-electron chi connectivity index (χ1n) is 24.2. The maximum Gasteiger partial charge on any atom is 0.164 e. The van der Waals surface area contributed by atoms with Gasteiger partial charge in [-0.15, -0.1) is 0 Å². The van der Waals surface area contributed by atoms with Crippen LogP contribution in [0.1, 0.15) is 11.1 Å². The fraction of sp³-hybridized carbons (Fsp3) is 0.0308. The first-order chi connectivity index (χ1) is 35.0. The molecule has 4 heterocycles. The van der Waals surface area contributed by atoms with E-state index in [1.54, 1.807) is 0 Å². The number of aryl methyl sites for hydroxylation is 2. The van der Waals surface area contributed by atoms with Crippen LogP contribution in [0, 0.1) is 13.8 Å². The van der Waals surface area contributed by atoms with Crippen LogP contribution >= 0.6 is 0 Å². The summed E-state index contributed by atoms with van der Waals surface area (Å²) in [4.78, 5) is 15.1. The lowest BCUT2D eigenvalue weighted by molar-refractivity contribution is 1.07. The van der Waals surface area contributed by atoms with E-state index in [2.05, 4.69) is 197 Å². The Morgan fingerprint density at radius 1 is 0.239 bits per heavy atom. The van der Waals surface area contributed by atoms with Crippen molar-refractivity contribution in [3.8, 4) is 62.4 Å². The second-order valence-corrected chi connectivity index (χ2v) is 18.7. The van der Waals surface area contributed by atoms with E-state index >= 15 is 0 Å². The van der Waals surface area contributed by atoms with Crippen LogP contribution in [-0.4, -0.2) is 28.7 Å². The molecular weight excluding hydrogens is 865 g/mol. The topological polar surface area (TPSA) is 53.5 Å². The van der Waals surface area contributed by atoms with Crippen LogP contribution in [0.2, 0.25) is 0 Å². The minimum atomic E-state index is 0.637. The molecule has 14 rings (SSSR count). The van der Waals surface area contributed by atoms with Crippen LogP contribution in [0.4, 0.5) is 0 Å².